The molecule has 0 N–H and O–H groups in total. The average molecular weight is 241 g/mol. The van der Waals surface area contributed by atoms with Crippen LogP contribution in [0.2, 0.25) is 0 Å². The quantitative estimate of drug-likeness (QED) is 0.585. The number of carbonyl (C=O) groups excluding carboxylic acids is 1. The zero-order valence-corrected chi connectivity index (χ0v) is 9.25. The fraction of sp³-hybridized carbons (Fsp3) is 0.364. The van der Waals surface area contributed by atoms with Crippen molar-refractivity contribution in [3.05, 3.63) is 35.4 Å². The molecule has 1 nitrogen and oxygen atoms in total. The molecule has 2 heteroatoms. The van der Waals surface area contributed by atoms with E-state index in [4.69, 9.17) is 0 Å². The van der Waals surface area contributed by atoms with E-state index in [1.165, 1.54) is 5.56 Å². The minimum absolute atomic E-state index is 0.00787. The number of benzene rings is 1. The Bertz CT molecular complexity index is 283. The maximum absolute atomic E-state index is 10.7. The Kier molecular flexibility index (Phi) is 4.16. The number of rotatable bonds is 4. The molecule has 1 rings (SSSR count). The van der Waals surface area contributed by atoms with Crippen molar-refractivity contribution < 1.29 is 4.79 Å². The van der Waals surface area contributed by atoms with Gasteiger partial charge in [0.15, 0.2) is 0 Å². The van der Waals surface area contributed by atoms with Gasteiger partial charge in [-0.05, 0) is 17.5 Å². The second-order valence-electron chi connectivity index (χ2n) is 3.00. The number of alkyl halides is 1. The van der Waals surface area contributed by atoms with Gasteiger partial charge in [0.05, 0.1) is 0 Å². The van der Waals surface area contributed by atoms with Crippen LogP contribution in [0.4, 0.5) is 0 Å². The van der Waals surface area contributed by atoms with E-state index in [0.717, 1.165) is 18.3 Å². The molecule has 0 fully saturated rings. The van der Waals surface area contributed by atoms with Gasteiger partial charge in [0.2, 0.25) is 0 Å². The van der Waals surface area contributed by atoms with E-state index in [9.17, 15) is 4.79 Å². The monoisotopic (exact) mass is 240 g/mol. The molecule has 0 saturated heterocycles. The summed E-state index contributed by atoms with van der Waals surface area (Å²) in [5.41, 5.74) is 2.39. The number of aryl methyl sites for hydroxylation is 1. The molecule has 0 heterocycles. The maximum atomic E-state index is 10.7. The van der Waals surface area contributed by atoms with Crippen LogP contribution in [0, 0.1) is 0 Å². The van der Waals surface area contributed by atoms with Gasteiger partial charge in [-0.3, -0.25) is 0 Å². The van der Waals surface area contributed by atoms with Crippen LogP contribution >= 0.6 is 15.9 Å². The fourth-order valence-corrected chi connectivity index (χ4v) is 1.77. The molecule has 0 aromatic heterocycles. The zero-order valence-electron chi connectivity index (χ0n) is 7.66. The molecule has 1 aromatic carbocycles. The van der Waals surface area contributed by atoms with Gasteiger partial charge < -0.3 is 4.79 Å². The largest absolute Gasteiger partial charge is 0.303 e. The van der Waals surface area contributed by atoms with Gasteiger partial charge in [-0.15, -0.1) is 0 Å². The summed E-state index contributed by atoms with van der Waals surface area (Å²) in [5, 5.41) is 0.698. The Labute approximate surface area is 87.3 Å². The smallest absolute Gasteiger partial charge is 0.128 e. The van der Waals surface area contributed by atoms with Crippen molar-refractivity contribution in [2.24, 2.45) is 0 Å². The molecule has 0 aliphatic carbocycles. The van der Waals surface area contributed by atoms with E-state index < -0.39 is 0 Å². The highest BCUT2D eigenvalue weighted by atomic mass is 79.9. The van der Waals surface area contributed by atoms with Crippen molar-refractivity contribution in [2.75, 3.05) is 5.33 Å². The third-order valence-electron chi connectivity index (χ3n) is 2.12. The number of halogens is 1. The molecular formula is C11H13BrO. The van der Waals surface area contributed by atoms with Crippen molar-refractivity contribution in [3.63, 3.8) is 0 Å². The Morgan fingerprint density at radius 1 is 1.54 bits per heavy atom. The first-order valence-electron chi connectivity index (χ1n) is 4.42. The first-order valence-corrected chi connectivity index (χ1v) is 5.54. The van der Waals surface area contributed by atoms with Crippen LogP contribution in [0.15, 0.2) is 24.3 Å². The predicted molar refractivity (Wildman–Crippen MR) is 58.4 cm³/mol. The molecule has 0 amide bonds. The summed E-state index contributed by atoms with van der Waals surface area (Å²) in [4.78, 5) is 10.7. The van der Waals surface area contributed by atoms with E-state index in [1.54, 1.807) is 0 Å². The standard InChI is InChI=1S/C11H13BrO/c1-2-9-4-3-5-10(6-9)11(7-12)8-13/h3-6,8,11H,2,7H2,1H3. The van der Waals surface area contributed by atoms with Crippen molar-refractivity contribution in [1.82, 2.24) is 0 Å². The van der Waals surface area contributed by atoms with Crippen molar-refractivity contribution in [3.8, 4) is 0 Å². The maximum Gasteiger partial charge on any atom is 0.128 e. The molecule has 1 atom stereocenters. The molecule has 0 saturated carbocycles. The molecule has 0 radical (unpaired) electrons. The summed E-state index contributed by atoms with van der Waals surface area (Å²) in [6, 6.07) is 8.19. The van der Waals surface area contributed by atoms with Gasteiger partial charge >= 0.3 is 0 Å². The molecule has 0 spiro atoms. The molecule has 1 aromatic rings. The highest BCUT2D eigenvalue weighted by Gasteiger charge is 2.07. The summed E-state index contributed by atoms with van der Waals surface area (Å²) in [6.07, 6.45) is 2.01. The lowest BCUT2D eigenvalue weighted by molar-refractivity contribution is -0.108. The second-order valence-corrected chi connectivity index (χ2v) is 3.64. The first-order chi connectivity index (χ1) is 6.31. The zero-order chi connectivity index (χ0) is 9.68. The normalized spacial score (nSPS) is 12.5. The van der Waals surface area contributed by atoms with Gasteiger partial charge in [0.1, 0.15) is 6.29 Å². The molecule has 0 aliphatic heterocycles. The van der Waals surface area contributed by atoms with E-state index >= 15 is 0 Å². The van der Waals surface area contributed by atoms with Gasteiger partial charge in [-0.2, -0.15) is 0 Å². The Hall–Kier alpha value is -0.630. The molecular weight excluding hydrogens is 228 g/mol. The molecule has 0 bridgehead atoms. The van der Waals surface area contributed by atoms with Crippen molar-refractivity contribution in [1.29, 1.82) is 0 Å². The lowest BCUT2D eigenvalue weighted by Gasteiger charge is -2.07. The van der Waals surface area contributed by atoms with E-state index in [0.29, 0.717) is 5.33 Å². The van der Waals surface area contributed by atoms with Crippen LogP contribution in [-0.4, -0.2) is 11.6 Å². The highest BCUT2D eigenvalue weighted by molar-refractivity contribution is 9.09. The van der Waals surface area contributed by atoms with E-state index in [1.807, 2.05) is 12.1 Å². The summed E-state index contributed by atoms with van der Waals surface area (Å²) < 4.78 is 0. The molecule has 13 heavy (non-hydrogen) atoms. The SMILES string of the molecule is CCc1cccc(C(C=O)CBr)c1. The average Bonchev–Trinajstić information content (AvgIpc) is 2.20. The fourth-order valence-electron chi connectivity index (χ4n) is 1.25. The second kappa shape index (κ2) is 5.18. The van der Waals surface area contributed by atoms with Crippen LogP contribution in [-0.2, 0) is 11.2 Å². The van der Waals surface area contributed by atoms with Crippen LogP contribution in [0.3, 0.4) is 0 Å². The van der Waals surface area contributed by atoms with Crippen LogP contribution in [0.1, 0.15) is 24.0 Å². The summed E-state index contributed by atoms with van der Waals surface area (Å²) >= 11 is 3.33. The number of hydrogen-bond acceptors (Lipinski definition) is 1. The van der Waals surface area contributed by atoms with Gasteiger partial charge in [0.25, 0.3) is 0 Å². The highest BCUT2D eigenvalue weighted by Crippen LogP contribution is 2.17. The van der Waals surface area contributed by atoms with E-state index in [-0.39, 0.29) is 5.92 Å². The summed E-state index contributed by atoms with van der Waals surface area (Å²) in [7, 11) is 0. The lowest BCUT2D eigenvalue weighted by Crippen LogP contribution is -2.01. The molecule has 0 aliphatic rings. The third-order valence-corrected chi connectivity index (χ3v) is 2.82. The first kappa shape index (κ1) is 10.5. The van der Waals surface area contributed by atoms with Crippen LogP contribution in [0.25, 0.3) is 0 Å². The van der Waals surface area contributed by atoms with Crippen molar-refractivity contribution >= 4 is 22.2 Å². The van der Waals surface area contributed by atoms with Crippen molar-refractivity contribution in [2.45, 2.75) is 19.3 Å². The predicted octanol–water partition coefficient (Wildman–Crippen LogP) is 2.93. The molecule has 1 unspecified atom stereocenters. The van der Waals surface area contributed by atoms with Crippen LogP contribution < -0.4 is 0 Å². The van der Waals surface area contributed by atoms with Gasteiger partial charge in [0, 0.05) is 11.2 Å². The topological polar surface area (TPSA) is 17.1 Å². The van der Waals surface area contributed by atoms with Crippen LogP contribution in [0.5, 0.6) is 0 Å². The Balaban J connectivity index is 2.92. The number of hydrogen-bond donors (Lipinski definition) is 0. The minimum Gasteiger partial charge on any atom is -0.303 e. The lowest BCUT2D eigenvalue weighted by atomic mass is 10.00. The molecule has 70 valence electrons. The minimum atomic E-state index is -0.00787. The Morgan fingerprint density at radius 2 is 2.31 bits per heavy atom. The number of carbonyl (C=O) groups is 1. The summed E-state index contributed by atoms with van der Waals surface area (Å²) in [6.45, 7) is 2.11. The van der Waals surface area contributed by atoms with E-state index in [2.05, 4.69) is 35.0 Å². The Morgan fingerprint density at radius 3 is 2.85 bits per heavy atom. The third kappa shape index (κ3) is 2.66. The summed E-state index contributed by atoms with van der Waals surface area (Å²) in [5.74, 6) is -0.00787. The van der Waals surface area contributed by atoms with Gasteiger partial charge in [-0.25, -0.2) is 0 Å². The number of aldehydes is 1. The van der Waals surface area contributed by atoms with Gasteiger partial charge in [-0.1, -0.05) is 47.1 Å².